The molecule has 0 saturated heterocycles. The van der Waals surface area contributed by atoms with Gasteiger partial charge in [-0.05, 0) is 48.5 Å². The van der Waals surface area contributed by atoms with Gasteiger partial charge in [0.05, 0.1) is 22.3 Å². The quantitative estimate of drug-likeness (QED) is 0.244. The number of primary amides is 1. The lowest BCUT2D eigenvalue weighted by Crippen LogP contribution is -2.10. The topological polar surface area (TPSA) is 163 Å². The minimum Gasteiger partial charge on any atom is -0.507 e. The first-order chi connectivity index (χ1) is 17.8. The van der Waals surface area contributed by atoms with Crippen molar-refractivity contribution in [1.82, 2.24) is 15.0 Å². The summed E-state index contributed by atoms with van der Waals surface area (Å²) in [5.41, 5.74) is 6.34. The van der Waals surface area contributed by atoms with Gasteiger partial charge in [0.2, 0.25) is 0 Å². The number of nitrogens with two attached hydrogens (primary N) is 1. The van der Waals surface area contributed by atoms with Crippen LogP contribution in [0.25, 0.3) is 34.2 Å². The lowest BCUT2D eigenvalue weighted by molar-refractivity contribution is 0.0997. The molecule has 184 valence electrons. The number of nitrogens with zero attached hydrogens (tertiary/aromatic N) is 3. The highest BCUT2D eigenvalue weighted by Gasteiger charge is 2.17. The van der Waals surface area contributed by atoms with Crippen molar-refractivity contribution in [2.24, 2.45) is 5.73 Å². The first kappa shape index (κ1) is 24.7. The first-order valence-corrected chi connectivity index (χ1v) is 11.0. The number of phenols is 4. The summed E-state index contributed by atoms with van der Waals surface area (Å²) in [4.78, 5) is 23.8. The number of benzene rings is 4. The Hall–Kier alpha value is -5.44. The lowest BCUT2D eigenvalue weighted by atomic mass is 10.1. The molecule has 37 heavy (non-hydrogen) atoms. The second-order valence-electron chi connectivity index (χ2n) is 7.74. The molecule has 1 aromatic heterocycles. The van der Waals surface area contributed by atoms with Gasteiger partial charge in [-0.25, -0.2) is 15.0 Å². The molecule has 0 aliphatic heterocycles. The predicted octanol–water partition coefficient (Wildman–Crippen LogP) is 4.48. The van der Waals surface area contributed by atoms with E-state index in [0.29, 0.717) is 16.7 Å². The molecule has 9 nitrogen and oxygen atoms in total. The second-order valence-corrected chi connectivity index (χ2v) is 7.74. The van der Waals surface area contributed by atoms with E-state index < -0.39 is 5.91 Å². The van der Waals surface area contributed by atoms with Crippen molar-refractivity contribution in [2.45, 2.75) is 0 Å². The van der Waals surface area contributed by atoms with E-state index in [1.807, 2.05) is 0 Å². The van der Waals surface area contributed by atoms with Crippen LogP contribution < -0.4 is 5.73 Å². The molecule has 5 rings (SSSR count). The maximum Gasteiger partial charge on any atom is 0.252 e. The molecule has 0 spiro atoms. The van der Waals surface area contributed by atoms with Crippen molar-refractivity contribution in [1.29, 1.82) is 0 Å². The third-order valence-corrected chi connectivity index (χ3v) is 5.24. The molecule has 1 amide bonds. The van der Waals surface area contributed by atoms with Crippen LogP contribution in [0.15, 0.2) is 97.1 Å². The Bertz CT molecular complexity index is 1420. The van der Waals surface area contributed by atoms with E-state index >= 15 is 0 Å². The standard InChI is InChI=1S/C21H15N3O3.C7H7NO2/c25-16-10-4-1-7-13(16)19-22-20(14-8-2-5-11-17(14)26)24-21(23-19)15-9-3-6-12-18(15)27;8-7(10)5-3-1-2-4-6(5)9/h1-12,25-27H;1-4,9H,(H2,8,10). The highest BCUT2D eigenvalue weighted by molar-refractivity contribution is 5.95. The van der Waals surface area contributed by atoms with Crippen molar-refractivity contribution in [3.63, 3.8) is 0 Å². The van der Waals surface area contributed by atoms with Gasteiger partial charge in [-0.2, -0.15) is 0 Å². The van der Waals surface area contributed by atoms with E-state index in [9.17, 15) is 20.1 Å². The number of phenolic OH excluding ortho intramolecular Hbond substituents is 3. The predicted molar refractivity (Wildman–Crippen MR) is 138 cm³/mol. The monoisotopic (exact) mass is 494 g/mol. The van der Waals surface area contributed by atoms with Crippen LogP contribution in [0.1, 0.15) is 10.4 Å². The number of aromatic nitrogens is 3. The summed E-state index contributed by atoms with van der Waals surface area (Å²) in [6.07, 6.45) is 0. The van der Waals surface area contributed by atoms with E-state index in [1.165, 1.54) is 12.1 Å². The maximum absolute atomic E-state index is 10.5. The smallest absolute Gasteiger partial charge is 0.252 e. The highest BCUT2D eigenvalue weighted by atomic mass is 16.3. The molecule has 0 atom stereocenters. The Morgan fingerprint density at radius 1 is 0.486 bits per heavy atom. The molecule has 5 aromatic rings. The average molecular weight is 495 g/mol. The number of amides is 1. The summed E-state index contributed by atoms with van der Waals surface area (Å²) in [5.74, 6) is 0.0902. The van der Waals surface area contributed by atoms with Crippen LogP contribution in [0.2, 0.25) is 0 Å². The molecule has 6 N–H and O–H groups in total. The van der Waals surface area contributed by atoms with Crippen molar-refractivity contribution in [3.05, 3.63) is 103 Å². The van der Waals surface area contributed by atoms with Crippen molar-refractivity contribution in [3.8, 4) is 57.2 Å². The molecule has 4 aromatic carbocycles. The molecule has 0 bridgehead atoms. The molecule has 0 saturated carbocycles. The molecular formula is C28H22N4O5. The molecule has 0 aliphatic carbocycles. The molecular weight excluding hydrogens is 472 g/mol. The Morgan fingerprint density at radius 3 is 1.05 bits per heavy atom. The minimum absolute atomic E-state index is 0.0233. The van der Waals surface area contributed by atoms with E-state index in [-0.39, 0.29) is 46.0 Å². The zero-order valence-electron chi connectivity index (χ0n) is 19.4. The zero-order chi connectivity index (χ0) is 26.4. The molecule has 0 fully saturated rings. The summed E-state index contributed by atoms with van der Waals surface area (Å²) in [7, 11) is 0. The lowest BCUT2D eigenvalue weighted by Gasteiger charge is -2.10. The van der Waals surface area contributed by atoms with Crippen LogP contribution in [-0.2, 0) is 0 Å². The molecule has 1 heterocycles. The fourth-order valence-corrected chi connectivity index (χ4v) is 3.41. The molecule has 0 unspecified atom stereocenters. The van der Waals surface area contributed by atoms with Crippen molar-refractivity contribution in [2.75, 3.05) is 0 Å². The SMILES string of the molecule is NC(=O)c1ccccc1O.Oc1ccccc1-c1nc(-c2ccccc2O)nc(-c2ccccc2O)n1. The van der Waals surface area contributed by atoms with E-state index in [2.05, 4.69) is 15.0 Å². The van der Waals surface area contributed by atoms with Gasteiger partial charge >= 0.3 is 0 Å². The van der Waals surface area contributed by atoms with E-state index in [4.69, 9.17) is 10.8 Å². The Kier molecular flexibility index (Phi) is 7.25. The van der Waals surface area contributed by atoms with Crippen LogP contribution in [0, 0.1) is 0 Å². The van der Waals surface area contributed by atoms with Crippen LogP contribution in [-0.4, -0.2) is 41.3 Å². The molecule has 0 aliphatic rings. The van der Waals surface area contributed by atoms with Gasteiger partial charge in [-0.3, -0.25) is 4.79 Å². The summed E-state index contributed by atoms with van der Waals surface area (Å²) in [6.45, 7) is 0. The number of rotatable bonds is 4. The number of carbonyl (C=O) groups excluding carboxylic acids is 1. The first-order valence-electron chi connectivity index (χ1n) is 11.0. The third kappa shape index (κ3) is 5.63. The van der Waals surface area contributed by atoms with E-state index in [0.717, 1.165) is 0 Å². The van der Waals surface area contributed by atoms with Crippen LogP contribution in [0.5, 0.6) is 23.0 Å². The number of hydrogen-bond acceptors (Lipinski definition) is 8. The van der Waals surface area contributed by atoms with Gasteiger partial charge in [-0.15, -0.1) is 0 Å². The van der Waals surface area contributed by atoms with Gasteiger partial charge in [0.15, 0.2) is 17.5 Å². The second kappa shape index (κ2) is 10.9. The van der Waals surface area contributed by atoms with Gasteiger partial charge < -0.3 is 26.2 Å². The van der Waals surface area contributed by atoms with Crippen molar-refractivity contribution >= 4 is 5.91 Å². The van der Waals surface area contributed by atoms with E-state index in [1.54, 1.807) is 84.9 Å². The van der Waals surface area contributed by atoms with Gasteiger partial charge in [0.1, 0.15) is 23.0 Å². The van der Waals surface area contributed by atoms with Crippen LogP contribution >= 0.6 is 0 Å². The Labute approximate surface area is 211 Å². The number of carbonyl (C=O) groups is 1. The fraction of sp³-hybridized carbons (Fsp3) is 0. The zero-order valence-corrected chi connectivity index (χ0v) is 19.4. The average Bonchev–Trinajstić information content (AvgIpc) is 2.90. The minimum atomic E-state index is -0.613. The van der Waals surface area contributed by atoms with Gasteiger partial charge in [-0.1, -0.05) is 48.5 Å². The third-order valence-electron chi connectivity index (χ3n) is 5.24. The summed E-state index contributed by atoms with van der Waals surface area (Å²) in [5, 5.41) is 39.6. The highest BCUT2D eigenvalue weighted by Crippen LogP contribution is 2.33. The van der Waals surface area contributed by atoms with Crippen LogP contribution in [0.4, 0.5) is 0 Å². The Morgan fingerprint density at radius 2 is 0.784 bits per heavy atom. The van der Waals surface area contributed by atoms with Gasteiger partial charge in [0.25, 0.3) is 5.91 Å². The molecule has 0 radical (unpaired) electrons. The van der Waals surface area contributed by atoms with Crippen molar-refractivity contribution < 1.29 is 25.2 Å². The maximum atomic E-state index is 10.5. The largest absolute Gasteiger partial charge is 0.507 e. The number of hydrogen-bond donors (Lipinski definition) is 5. The summed E-state index contributed by atoms with van der Waals surface area (Å²) < 4.78 is 0. The summed E-state index contributed by atoms with van der Waals surface area (Å²) in [6, 6.07) is 26.2. The summed E-state index contributed by atoms with van der Waals surface area (Å²) >= 11 is 0. The molecule has 9 heteroatoms. The number of aromatic hydroxyl groups is 4. The number of para-hydroxylation sites is 4. The Balaban J connectivity index is 0.000000270. The van der Waals surface area contributed by atoms with Gasteiger partial charge in [0, 0.05) is 0 Å². The fourth-order valence-electron chi connectivity index (χ4n) is 3.41. The normalized spacial score (nSPS) is 10.3. The van der Waals surface area contributed by atoms with Crippen LogP contribution in [0.3, 0.4) is 0 Å².